The topological polar surface area (TPSA) is 152 Å². The number of aliphatic hydroxyl groups is 3. The average Bonchev–Trinajstić information content (AvgIpc) is 3.24. The van der Waals surface area contributed by atoms with Gasteiger partial charge in [0, 0.05) is 30.9 Å². The molecule has 148 valence electrons. The van der Waals surface area contributed by atoms with Gasteiger partial charge in [0.25, 0.3) is 0 Å². The maximum atomic E-state index is 10.3. The summed E-state index contributed by atoms with van der Waals surface area (Å²) >= 11 is 0. The summed E-state index contributed by atoms with van der Waals surface area (Å²) in [4.78, 5) is 13.1. The number of nitrogen functional groups attached to an aromatic ring is 1. The second-order valence-electron chi connectivity index (χ2n) is 6.65. The molecule has 1 aliphatic heterocycles. The number of hydrogen-bond donors (Lipinski definition) is 5. The molecule has 1 saturated heterocycles. The number of nitrogens with two attached hydrogens (primary N) is 1. The highest BCUT2D eigenvalue weighted by Gasteiger charge is 2.44. The fourth-order valence-electron chi connectivity index (χ4n) is 3.28. The number of anilines is 2. The van der Waals surface area contributed by atoms with Gasteiger partial charge in [-0.25, -0.2) is 9.97 Å². The molecule has 0 amide bonds. The number of fused-ring (bicyclic) bond motifs is 1. The summed E-state index contributed by atoms with van der Waals surface area (Å²) in [5.41, 5.74) is 8.37. The number of hydrogen-bond acceptors (Lipinski definition) is 9. The second kappa shape index (κ2) is 7.68. The van der Waals surface area contributed by atoms with E-state index in [1.165, 1.54) is 10.9 Å². The molecule has 0 saturated carbocycles. The normalized spacial score (nSPS) is 24.7. The second-order valence-corrected chi connectivity index (χ2v) is 6.65. The third-order valence-corrected chi connectivity index (χ3v) is 4.76. The quantitative estimate of drug-likeness (QED) is 0.383. The molecule has 28 heavy (non-hydrogen) atoms. The van der Waals surface area contributed by atoms with E-state index in [0.29, 0.717) is 35.6 Å². The lowest BCUT2D eigenvalue weighted by molar-refractivity contribution is -0.0511. The first-order valence-corrected chi connectivity index (χ1v) is 8.97. The first kappa shape index (κ1) is 18.6. The fourth-order valence-corrected chi connectivity index (χ4v) is 3.28. The van der Waals surface area contributed by atoms with Crippen LogP contribution in [-0.2, 0) is 11.2 Å². The number of rotatable bonds is 6. The summed E-state index contributed by atoms with van der Waals surface area (Å²) < 4.78 is 7.08. The minimum absolute atomic E-state index is 0.406. The molecule has 0 radical (unpaired) electrons. The molecule has 0 aromatic carbocycles. The Morgan fingerprint density at radius 1 is 1.21 bits per heavy atom. The van der Waals surface area contributed by atoms with E-state index in [9.17, 15) is 15.3 Å². The Morgan fingerprint density at radius 3 is 2.79 bits per heavy atom. The number of nitrogens with zero attached hydrogens (tertiary/aromatic N) is 4. The SMILES string of the molecule is Nc1cc(NCCc2ccccn2)nc2c1ncn2[C@@H]1O[C@H](CO)[C@@H](O)[C@H]1O. The summed E-state index contributed by atoms with van der Waals surface area (Å²) in [6, 6.07) is 7.44. The summed E-state index contributed by atoms with van der Waals surface area (Å²) in [5.74, 6) is 0.550. The lowest BCUT2D eigenvalue weighted by Crippen LogP contribution is -2.33. The Bertz CT molecular complexity index is 950. The Labute approximate surface area is 160 Å². The molecule has 1 aliphatic rings. The number of nitrogens with one attached hydrogen (secondary N) is 1. The largest absolute Gasteiger partial charge is 0.397 e. The lowest BCUT2D eigenvalue weighted by Gasteiger charge is -2.17. The van der Waals surface area contributed by atoms with Crippen LogP contribution in [0.4, 0.5) is 11.5 Å². The van der Waals surface area contributed by atoms with Crippen LogP contribution in [0.5, 0.6) is 0 Å². The first-order valence-electron chi connectivity index (χ1n) is 8.97. The Balaban J connectivity index is 1.56. The van der Waals surface area contributed by atoms with Gasteiger partial charge in [-0.05, 0) is 12.1 Å². The highest BCUT2D eigenvalue weighted by atomic mass is 16.6. The maximum absolute atomic E-state index is 10.3. The van der Waals surface area contributed by atoms with Gasteiger partial charge >= 0.3 is 0 Å². The van der Waals surface area contributed by atoms with Crippen LogP contribution >= 0.6 is 0 Å². The summed E-state index contributed by atoms with van der Waals surface area (Å²) in [5, 5.41) is 32.8. The standard InChI is InChI=1S/C18H22N6O4/c19-11-7-13(21-6-4-10-3-1-2-5-20-10)23-17-14(11)22-9-24(17)18-16(27)15(26)12(8-25)28-18/h1-3,5,7,9,12,15-16,18,25-27H,4,6,8H2,(H3,19,21,23)/t12-,15-,16-,18-/m1/s1. The number of aliphatic hydroxyl groups excluding tert-OH is 3. The van der Waals surface area contributed by atoms with Crippen molar-refractivity contribution in [3.8, 4) is 0 Å². The highest BCUT2D eigenvalue weighted by molar-refractivity contribution is 5.86. The monoisotopic (exact) mass is 386 g/mol. The van der Waals surface area contributed by atoms with Crippen molar-refractivity contribution < 1.29 is 20.1 Å². The number of aromatic nitrogens is 4. The summed E-state index contributed by atoms with van der Waals surface area (Å²) in [6.45, 7) is 0.203. The Kier molecular flexibility index (Phi) is 5.09. The third-order valence-electron chi connectivity index (χ3n) is 4.76. The third kappa shape index (κ3) is 3.38. The molecular weight excluding hydrogens is 364 g/mol. The van der Waals surface area contributed by atoms with Crippen molar-refractivity contribution in [3.63, 3.8) is 0 Å². The van der Waals surface area contributed by atoms with E-state index in [0.717, 1.165) is 5.69 Å². The van der Waals surface area contributed by atoms with Gasteiger partial charge in [0.05, 0.1) is 18.6 Å². The Morgan fingerprint density at radius 2 is 2.07 bits per heavy atom. The van der Waals surface area contributed by atoms with Crippen molar-refractivity contribution in [2.24, 2.45) is 0 Å². The molecule has 4 heterocycles. The molecule has 10 nitrogen and oxygen atoms in total. The predicted octanol–water partition coefficient (Wildman–Crippen LogP) is -0.325. The Hall–Kier alpha value is -2.79. The molecule has 3 aromatic rings. The lowest BCUT2D eigenvalue weighted by atomic mass is 10.1. The van der Waals surface area contributed by atoms with Crippen LogP contribution in [0.1, 0.15) is 11.9 Å². The first-order chi connectivity index (χ1) is 13.6. The van der Waals surface area contributed by atoms with Gasteiger partial charge in [-0.2, -0.15) is 0 Å². The molecule has 0 unspecified atom stereocenters. The highest BCUT2D eigenvalue weighted by Crippen LogP contribution is 2.32. The zero-order chi connectivity index (χ0) is 19.7. The van der Waals surface area contributed by atoms with E-state index in [4.69, 9.17) is 10.5 Å². The van der Waals surface area contributed by atoms with E-state index < -0.39 is 31.1 Å². The minimum Gasteiger partial charge on any atom is -0.397 e. The number of imidazole rings is 1. The van der Waals surface area contributed by atoms with Crippen molar-refractivity contribution >= 4 is 22.7 Å². The summed E-state index contributed by atoms with van der Waals surface area (Å²) in [6.07, 6.45) is -0.317. The number of ether oxygens (including phenoxy) is 1. The van der Waals surface area contributed by atoms with E-state index in [2.05, 4.69) is 20.3 Å². The van der Waals surface area contributed by atoms with Crippen LogP contribution in [0.25, 0.3) is 11.2 Å². The van der Waals surface area contributed by atoms with Crippen LogP contribution in [0.15, 0.2) is 36.8 Å². The predicted molar refractivity (Wildman–Crippen MR) is 101 cm³/mol. The van der Waals surface area contributed by atoms with Gasteiger partial charge in [-0.1, -0.05) is 6.07 Å². The molecule has 3 aromatic heterocycles. The van der Waals surface area contributed by atoms with Crippen LogP contribution in [-0.4, -0.2) is 66.3 Å². The van der Waals surface area contributed by atoms with Gasteiger partial charge in [0.2, 0.25) is 0 Å². The van der Waals surface area contributed by atoms with Crippen LogP contribution in [0, 0.1) is 0 Å². The average molecular weight is 386 g/mol. The molecule has 0 spiro atoms. The van der Waals surface area contributed by atoms with Crippen LogP contribution in [0.2, 0.25) is 0 Å². The van der Waals surface area contributed by atoms with Crippen LogP contribution in [0.3, 0.4) is 0 Å². The molecule has 0 aliphatic carbocycles. The minimum atomic E-state index is -1.22. The maximum Gasteiger partial charge on any atom is 0.166 e. The van der Waals surface area contributed by atoms with Gasteiger partial charge in [0.1, 0.15) is 29.6 Å². The van der Waals surface area contributed by atoms with Crippen molar-refractivity contribution in [1.29, 1.82) is 0 Å². The molecular formula is C18H22N6O4. The molecule has 0 bridgehead atoms. The van der Waals surface area contributed by atoms with Gasteiger partial charge in [-0.3, -0.25) is 9.55 Å². The zero-order valence-corrected chi connectivity index (χ0v) is 15.0. The van der Waals surface area contributed by atoms with Crippen molar-refractivity contribution in [2.45, 2.75) is 31.0 Å². The van der Waals surface area contributed by atoms with E-state index >= 15 is 0 Å². The van der Waals surface area contributed by atoms with Crippen LogP contribution < -0.4 is 11.1 Å². The van der Waals surface area contributed by atoms with E-state index in [1.54, 1.807) is 12.3 Å². The van der Waals surface area contributed by atoms with Crippen molar-refractivity contribution in [1.82, 2.24) is 19.5 Å². The van der Waals surface area contributed by atoms with Crippen molar-refractivity contribution in [2.75, 3.05) is 24.2 Å². The van der Waals surface area contributed by atoms with Crippen molar-refractivity contribution in [3.05, 3.63) is 42.5 Å². The molecule has 4 rings (SSSR count). The van der Waals surface area contributed by atoms with Gasteiger partial charge in [0.15, 0.2) is 11.9 Å². The number of pyridine rings is 2. The van der Waals surface area contributed by atoms with Gasteiger partial charge < -0.3 is 31.1 Å². The van der Waals surface area contributed by atoms with Gasteiger partial charge in [-0.15, -0.1) is 0 Å². The molecule has 4 atom stereocenters. The smallest absolute Gasteiger partial charge is 0.166 e. The molecule has 1 fully saturated rings. The summed E-state index contributed by atoms with van der Waals surface area (Å²) in [7, 11) is 0. The zero-order valence-electron chi connectivity index (χ0n) is 15.0. The van der Waals surface area contributed by atoms with E-state index in [-0.39, 0.29) is 0 Å². The fraction of sp³-hybridized carbons (Fsp3) is 0.389. The molecule has 6 N–H and O–H groups in total. The van der Waals surface area contributed by atoms with E-state index in [1.807, 2.05) is 18.2 Å². The molecule has 10 heteroatoms.